The van der Waals surface area contributed by atoms with Crippen molar-refractivity contribution in [2.24, 2.45) is 0 Å². The number of carbonyl (C=O) groups is 1. The quantitative estimate of drug-likeness (QED) is 0.842. The lowest BCUT2D eigenvalue weighted by molar-refractivity contribution is 0.0904. The van der Waals surface area contributed by atoms with Gasteiger partial charge in [0, 0.05) is 13.7 Å². The Bertz CT molecular complexity index is 401. The van der Waals surface area contributed by atoms with Crippen molar-refractivity contribution in [2.75, 3.05) is 20.3 Å². The number of hydrogen-bond acceptors (Lipinski definition) is 2. The number of nitrogens with zero attached hydrogens (tertiary/aromatic N) is 1. The Kier molecular flexibility index (Phi) is 3.87. The van der Waals surface area contributed by atoms with E-state index in [9.17, 15) is 9.90 Å². The van der Waals surface area contributed by atoms with Crippen molar-refractivity contribution in [1.29, 1.82) is 0 Å². The number of amides is 1. The first-order chi connectivity index (χ1) is 8.68. The molecule has 0 bridgehead atoms. The highest BCUT2D eigenvalue weighted by Crippen LogP contribution is 2.44. The van der Waals surface area contributed by atoms with Gasteiger partial charge in [0.15, 0.2) is 0 Å². The highest BCUT2D eigenvalue weighted by Gasteiger charge is 2.49. The van der Waals surface area contributed by atoms with Crippen LogP contribution < -0.4 is 0 Å². The van der Waals surface area contributed by atoms with Crippen LogP contribution in [0.5, 0.6) is 0 Å². The zero-order chi connectivity index (χ0) is 13.0. The van der Waals surface area contributed by atoms with Gasteiger partial charge in [-0.1, -0.05) is 30.3 Å². The molecule has 1 N–H and O–H groups in total. The van der Waals surface area contributed by atoms with E-state index in [2.05, 4.69) is 12.1 Å². The molecule has 0 unspecified atom stereocenters. The van der Waals surface area contributed by atoms with Crippen LogP contribution >= 0.6 is 0 Å². The van der Waals surface area contributed by atoms with E-state index in [4.69, 9.17) is 4.74 Å². The first-order valence-electron chi connectivity index (χ1n) is 6.21. The molecule has 0 spiro atoms. The summed E-state index contributed by atoms with van der Waals surface area (Å²) < 4.78 is 4.99. The van der Waals surface area contributed by atoms with Gasteiger partial charge >= 0.3 is 6.09 Å². The van der Waals surface area contributed by atoms with Crippen molar-refractivity contribution >= 4 is 6.09 Å². The van der Waals surface area contributed by atoms with Crippen molar-refractivity contribution in [2.45, 2.75) is 24.8 Å². The number of benzene rings is 1. The van der Waals surface area contributed by atoms with E-state index in [-0.39, 0.29) is 5.54 Å². The van der Waals surface area contributed by atoms with E-state index >= 15 is 0 Å². The van der Waals surface area contributed by atoms with Gasteiger partial charge in [0.05, 0.1) is 12.1 Å². The number of hydrogen-bond donors (Lipinski definition) is 1. The fourth-order valence-electron chi connectivity index (χ4n) is 2.38. The molecule has 18 heavy (non-hydrogen) atoms. The second kappa shape index (κ2) is 5.40. The maximum Gasteiger partial charge on any atom is 0.407 e. The molecule has 1 aromatic carbocycles. The zero-order valence-electron chi connectivity index (χ0n) is 10.6. The molecule has 0 aliphatic heterocycles. The van der Waals surface area contributed by atoms with E-state index in [0.717, 1.165) is 19.3 Å². The average molecular weight is 249 g/mol. The van der Waals surface area contributed by atoms with E-state index in [0.29, 0.717) is 13.2 Å². The SMILES string of the molecule is COCCN(C(=O)O)C1(Cc2ccccc2)CC1. The van der Waals surface area contributed by atoms with Crippen LogP contribution in [0.25, 0.3) is 0 Å². The summed E-state index contributed by atoms with van der Waals surface area (Å²) in [6.07, 6.45) is 1.83. The molecule has 1 amide bonds. The first-order valence-corrected chi connectivity index (χ1v) is 6.21. The summed E-state index contributed by atoms with van der Waals surface area (Å²) in [5.41, 5.74) is 0.991. The van der Waals surface area contributed by atoms with Crippen LogP contribution in [0.15, 0.2) is 30.3 Å². The van der Waals surface area contributed by atoms with Gasteiger partial charge in [0.25, 0.3) is 0 Å². The molecule has 2 rings (SSSR count). The first kappa shape index (κ1) is 12.9. The van der Waals surface area contributed by atoms with Crippen molar-refractivity contribution < 1.29 is 14.6 Å². The normalized spacial score (nSPS) is 16.3. The summed E-state index contributed by atoms with van der Waals surface area (Å²) in [5.74, 6) is 0. The third-order valence-corrected chi connectivity index (χ3v) is 3.53. The van der Waals surface area contributed by atoms with Crippen LogP contribution in [0.3, 0.4) is 0 Å². The lowest BCUT2D eigenvalue weighted by Crippen LogP contribution is -2.44. The number of ether oxygens (including phenoxy) is 1. The van der Waals surface area contributed by atoms with Gasteiger partial charge in [-0.2, -0.15) is 0 Å². The lowest BCUT2D eigenvalue weighted by Gasteiger charge is -2.29. The van der Waals surface area contributed by atoms with Crippen molar-refractivity contribution in [3.05, 3.63) is 35.9 Å². The van der Waals surface area contributed by atoms with E-state index < -0.39 is 6.09 Å². The summed E-state index contributed by atoms with van der Waals surface area (Å²) in [6, 6.07) is 10.1. The molecule has 1 saturated carbocycles. The minimum absolute atomic E-state index is 0.203. The molecule has 0 aromatic heterocycles. The smallest absolute Gasteiger partial charge is 0.407 e. The largest absolute Gasteiger partial charge is 0.465 e. The predicted octanol–water partition coefficient (Wildman–Crippen LogP) is 2.39. The Hall–Kier alpha value is -1.55. The average Bonchev–Trinajstić information content (AvgIpc) is 3.11. The predicted molar refractivity (Wildman–Crippen MR) is 68.7 cm³/mol. The highest BCUT2D eigenvalue weighted by molar-refractivity contribution is 5.67. The molecular weight excluding hydrogens is 230 g/mol. The molecule has 1 aromatic rings. The zero-order valence-corrected chi connectivity index (χ0v) is 10.6. The van der Waals surface area contributed by atoms with Crippen LogP contribution in [0.1, 0.15) is 18.4 Å². The molecule has 4 nitrogen and oxygen atoms in total. The fraction of sp³-hybridized carbons (Fsp3) is 0.500. The van der Waals surface area contributed by atoms with Crippen LogP contribution in [-0.4, -0.2) is 41.9 Å². The fourth-order valence-corrected chi connectivity index (χ4v) is 2.38. The van der Waals surface area contributed by atoms with Gasteiger partial charge in [-0.15, -0.1) is 0 Å². The van der Waals surface area contributed by atoms with E-state index in [1.54, 1.807) is 12.0 Å². The monoisotopic (exact) mass is 249 g/mol. The Labute approximate surface area is 107 Å². The van der Waals surface area contributed by atoms with Gasteiger partial charge in [-0.25, -0.2) is 4.79 Å². The Morgan fingerprint density at radius 2 is 2.06 bits per heavy atom. The maximum absolute atomic E-state index is 11.4. The number of methoxy groups -OCH3 is 1. The molecule has 0 saturated heterocycles. The molecule has 0 heterocycles. The van der Waals surface area contributed by atoms with Gasteiger partial charge in [0.1, 0.15) is 0 Å². The standard InChI is InChI=1S/C14H19NO3/c1-18-10-9-15(13(16)17)14(7-8-14)11-12-5-3-2-4-6-12/h2-6H,7-11H2,1H3,(H,16,17). The van der Waals surface area contributed by atoms with Gasteiger partial charge < -0.3 is 14.7 Å². The van der Waals surface area contributed by atoms with Gasteiger partial charge in [-0.05, 0) is 24.8 Å². The number of carboxylic acid groups (broad SMARTS) is 1. The van der Waals surface area contributed by atoms with Gasteiger partial charge in [0.2, 0.25) is 0 Å². The van der Waals surface area contributed by atoms with Crippen LogP contribution in [-0.2, 0) is 11.2 Å². The minimum Gasteiger partial charge on any atom is -0.465 e. The molecule has 1 fully saturated rings. The van der Waals surface area contributed by atoms with E-state index in [1.165, 1.54) is 5.56 Å². The molecular formula is C14H19NO3. The minimum atomic E-state index is -0.847. The summed E-state index contributed by atoms with van der Waals surface area (Å²) in [7, 11) is 1.59. The van der Waals surface area contributed by atoms with Crippen molar-refractivity contribution in [1.82, 2.24) is 4.90 Å². The van der Waals surface area contributed by atoms with Crippen LogP contribution in [0, 0.1) is 0 Å². The van der Waals surface area contributed by atoms with Crippen molar-refractivity contribution in [3.63, 3.8) is 0 Å². The van der Waals surface area contributed by atoms with Crippen LogP contribution in [0.2, 0.25) is 0 Å². The van der Waals surface area contributed by atoms with Crippen molar-refractivity contribution in [3.8, 4) is 0 Å². The summed E-state index contributed by atoms with van der Waals surface area (Å²) in [6.45, 7) is 0.890. The number of rotatable bonds is 6. The molecule has 4 heteroatoms. The summed E-state index contributed by atoms with van der Waals surface area (Å²) >= 11 is 0. The molecule has 98 valence electrons. The highest BCUT2D eigenvalue weighted by atomic mass is 16.5. The second-order valence-electron chi connectivity index (χ2n) is 4.81. The molecule has 0 radical (unpaired) electrons. The lowest BCUT2D eigenvalue weighted by atomic mass is 10.0. The summed E-state index contributed by atoms with van der Waals surface area (Å²) in [4.78, 5) is 12.9. The molecule has 1 aliphatic rings. The second-order valence-corrected chi connectivity index (χ2v) is 4.81. The Balaban J connectivity index is 2.06. The topological polar surface area (TPSA) is 49.8 Å². The maximum atomic E-state index is 11.4. The van der Waals surface area contributed by atoms with Crippen LogP contribution in [0.4, 0.5) is 4.79 Å². The third kappa shape index (κ3) is 2.82. The van der Waals surface area contributed by atoms with E-state index in [1.807, 2.05) is 18.2 Å². The Morgan fingerprint density at radius 1 is 1.39 bits per heavy atom. The molecule has 1 aliphatic carbocycles. The van der Waals surface area contributed by atoms with Gasteiger partial charge in [-0.3, -0.25) is 0 Å². The molecule has 0 atom stereocenters. The third-order valence-electron chi connectivity index (χ3n) is 3.53. The Morgan fingerprint density at radius 3 is 2.56 bits per heavy atom. The summed E-state index contributed by atoms with van der Waals surface area (Å²) in [5, 5.41) is 9.32.